The zero-order chi connectivity index (χ0) is 20.0. The van der Waals surface area contributed by atoms with Gasteiger partial charge in [-0.1, -0.05) is 35.9 Å². The minimum atomic E-state index is -6.25. The molecular formula is C16H9ClF8O. The van der Waals surface area contributed by atoms with Crippen molar-refractivity contribution in [3.05, 3.63) is 70.2 Å². The molecule has 0 aliphatic carbocycles. The number of aliphatic hydroxyl groups is 1. The van der Waals surface area contributed by atoms with Gasteiger partial charge in [-0.25, -0.2) is 0 Å². The Morgan fingerprint density at radius 2 is 1.15 bits per heavy atom. The minimum Gasteiger partial charge on any atom is -0.374 e. The molecule has 0 saturated heterocycles. The largest absolute Gasteiger partial charge is 0.457 e. The fourth-order valence-electron chi connectivity index (χ4n) is 2.37. The van der Waals surface area contributed by atoms with Gasteiger partial charge < -0.3 is 5.11 Å². The number of hydrogen-bond donors (Lipinski definition) is 1. The topological polar surface area (TPSA) is 20.2 Å². The first-order valence-corrected chi connectivity index (χ1v) is 7.20. The molecule has 0 aliphatic heterocycles. The lowest BCUT2D eigenvalue weighted by Crippen LogP contribution is -2.55. The Hall–Kier alpha value is -1.87. The van der Waals surface area contributed by atoms with Crippen molar-refractivity contribution < 1.29 is 40.2 Å². The second kappa shape index (κ2) is 6.38. The maximum atomic E-state index is 14.2. The maximum absolute atomic E-state index is 14.2. The van der Waals surface area contributed by atoms with Gasteiger partial charge in [0.1, 0.15) is 0 Å². The Morgan fingerprint density at radius 1 is 0.692 bits per heavy atom. The molecular weight excluding hydrogens is 396 g/mol. The summed E-state index contributed by atoms with van der Waals surface area (Å²) in [6.07, 6.45) is -11.3. The highest BCUT2D eigenvalue weighted by atomic mass is 35.5. The molecule has 142 valence electrons. The van der Waals surface area contributed by atoms with Crippen LogP contribution in [0.4, 0.5) is 35.1 Å². The van der Waals surface area contributed by atoms with Gasteiger partial charge in [-0.2, -0.15) is 35.1 Å². The summed E-state index contributed by atoms with van der Waals surface area (Å²) in [6, 6.07) is 5.17. The first-order valence-electron chi connectivity index (χ1n) is 6.82. The molecule has 0 spiro atoms. The van der Waals surface area contributed by atoms with E-state index < -0.39 is 40.6 Å². The summed E-state index contributed by atoms with van der Waals surface area (Å²) in [7, 11) is 0. The first kappa shape index (κ1) is 20.4. The van der Waals surface area contributed by atoms with Crippen molar-refractivity contribution in [3.63, 3.8) is 0 Å². The Labute approximate surface area is 146 Å². The van der Waals surface area contributed by atoms with E-state index in [0.29, 0.717) is 30.3 Å². The van der Waals surface area contributed by atoms with Crippen LogP contribution in [0.1, 0.15) is 16.7 Å². The van der Waals surface area contributed by atoms with Crippen LogP contribution in [0.25, 0.3) is 0 Å². The Balaban J connectivity index is 2.82. The van der Waals surface area contributed by atoms with Crippen molar-refractivity contribution in [2.45, 2.75) is 23.9 Å². The molecule has 0 radical (unpaired) electrons. The molecule has 0 saturated carbocycles. The van der Waals surface area contributed by atoms with Crippen LogP contribution in [0, 0.1) is 0 Å². The first-order chi connectivity index (χ1) is 11.7. The van der Waals surface area contributed by atoms with Crippen LogP contribution < -0.4 is 0 Å². The lowest BCUT2D eigenvalue weighted by atomic mass is 9.80. The van der Waals surface area contributed by atoms with Crippen molar-refractivity contribution >= 4 is 11.6 Å². The van der Waals surface area contributed by atoms with E-state index in [1.807, 2.05) is 0 Å². The highest BCUT2D eigenvalue weighted by Gasteiger charge is 2.71. The van der Waals surface area contributed by atoms with Gasteiger partial charge in [0.2, 0.25) is 0 Å². The zero-order valence-electron chi connectivity index (χ0n) is 12.5. The van der Waals surface area contributed by atoms with E-state index in [0.717, 1.165) is 12.1 Å². The average Bonchev–Trinajstić information content (AvgIpc) is 2.52. The van der Waals surface area contributed by atoms with E-state index in [1.165, 1.54) is 0 Å². The molecule has 2 aromatic carbocycles. The van der Waals surface area contributed by atoms with Crippen LogP contribution in [-0.2, 0) is 11.8 Å². The van der Waals surface area contributed by atoms with Gasteiger partial charge in [-0.05, 0) is 35.4 Å². The Morgan fingerprint density at radius 3 is 1.62 bits per heavy atom. The molecule has 0 bridgehead atoms. The summed E-state index contributed by atoms with van der Waals surface area (Å²) in [6.45, 7) is 0. The van der Waals surface area contributed by atoms with Gasteiger partial charge in [0.15, 0.2) is 5.60 Å². The monoisotopic (exact) mass is 404 g/mol. The zero-order valence-corrected chi connectivity index (χ0v) is 13.2. The second-order valence-corrected chi connectivity index (χ2v) is 5.81. The molecule has 2 aromatic rings. The third-order valence-electron chi connectivity index (χ3n) is 3.66. The standard InChI is InChI=1S/C16H9ClF8O/c17-12-6-2-4-10(8-12)13(26,15(21,22)16(23,24)25)9-3-1-5-11(7-9)14(18,19)20/h1-8,26H. The van der Waals surface area contributed by atoms with Crippen LogP contribution in [0.2, 0.25) is 5.02 Å². The Bertz CT molecular complexity index is 799. The molecule has 1 atom stereocenters. The number of rotatable bonds is 3. The van der Waals surface area contributed by atoms with Crippen molar-refractivity contribution in [2.24, 2.45) is 0 Å². The third kappa shape index (κ3) is 3.37. The van der Waals surface area contributed by atoms with Gasteiger partial charge in [-0.15, -0.1) is 0 Å². The molecule has 26 heavy (non-hydrogen) atoms. The van der Waals surface area contributed by atoms with E-state index in [2.05, 4.69) is 0 Å². The molecule has 0 fully saturated rings. The number of alkyl halides is 8. The highest BCUT2D eigenvalue weighted by molar-refractivity contribution is 6.30. The minimum absolute atomic E-state index is 0.0422. The number of benzene rings is 2. The summed E-state index contributed by atoms with van der Waals surface area (Å²) in [5.41, 5.74) is -7.91. The molecule has 2 rings (SSSR count). The summed E-state index contributed by atoms with van der Waals surface area (Å²) in [5, 5.41) is 10.1. The van der Waals surface area contributed by atoms with Crippen molar-refractivity contribution in [2.75, 3.05) is 0 Å². The normalized spacial score (nSPS) is 15.6. The second-order valence-electron chi connectivity index (χ2n) is 5.37. The quantitative estimate of drug-likeness (QED) is 0.642. The van der Waals surface area contributed by atoms with Gasteiger partial charge in [0.05, 0.1) is 5.56 Å². The van der Waals surface area contributed by atoms with E-state index >= 15 is 0 Å². The van der Waals surface area contributed by atoms with Crippen molar-refractivity contribution in [3.8, 4) is 0 Å². The average molecular weight is 405 g/mol. The fourth-order valence-corrected chi connectivity index (χ4v) is 2.56. The van der Waals surface area contributed by atoms with Gasteiger partial charge in [0, 0.05) is 5.02 Å². The summed E-state index contributed by atoms with van der Waals surface area (Å²) in [5.74, 6) is -5.81. The van der Waals surface area contributed by atoms with E-state index in [9.17, 15) is 40.2 Å². The van der Waals surface area contributed by atoms with Crippen LogP contribution in [0.15, 0.2) is 48.5 Å². The third-order valence-corrected chi connectivity index (χ3v) is 3.90. The van der Waals surface area contributed by atoms with Gasteiger partial charge in [-0.3, -0.25) is 0 Å². The molecule has 0 aliphatic rings. The van der Waals surface area contributed by atoms with Crippen molar-refractivity contribution in [1.82, 2.24) is 0 Å². The smallest absolute Gasteiger partial charge is 0.374 e. The van der Waals surface area contributed by atoms with Gasteiger partial charge in [0.25, 0.3) is 0 Å². The number of hydrogen-bond acceptors (Lipinski definition) is 1. The number of halogens is 9. The van der Waals surface area contributed by atoms with Crippen LogP contribution in [0.3, 0.4) is 0 Å². The molecule has 0 amide bonds. The molecule has 0 heterocycles. The van der Waals surface area contributed by atoms with E-state index in [-0.39, 0.29) is 11.1 Å². The molecule has 1 nitrogen and oxygen atoms in total. The molecule has 10 heteroatoms. The van der Waals surface area contributed by atoms with E-state index in [1.54, 1.807) is 0 Å². The summed E-state index contributed by atoms with van der Waals surface area (Å²) < 4.78 is 106. The summed E-state index contributed by atoms with van der Waals surface area (Å²) in [4.78, 5) is 0. The van der Waals surface area contributed by atoms with Crippen LogP contribution >= 0.6 is 11.6 Å². The molecule has 0 aromatic heterocycles. The summed E-state index contributed by atoms with van der Waals surface area (Å²) >= 11 is 5.59. The van der Waals surface area contributed by atoms with E-state index in [4.69, 9.17) is 11.6 Å². The SMILES string of the molecule is OC(c1cccc(Cl)c1)(c1cccc(C(F)(F)F)c1)C(F)(F)C(F)(F)F. The Kier molecular flexibility index (Phi) is 5.02. The highest BCUT2D eigenvalue weighted by Crippen LogP contribution is 2.52. The van der Waals surface area contributed by atoms with Crippen molar-refractivity contribution in [1.29, 1.82) is 0 Å². The fraction of sp³-hybridized carbons (Fsp3) is 0.250. The van der Waals surface area contributed by atoms with Crippen LogP contribution in [0.5, 0.6) is 0 Å². The van der Waals surface area contributed by atoms with Crippen LogP contribution in [-0.4, -0.2) is 17.2 Å². The lowest BCUT2D eigenvalue weighted by molar-refractivity contribution is -0.336. The molecule has 1 N–H and O–H groups in total. The predicted molar refractivity (Wildman–Crippen MR) is 76.9 cm³/mol. The molecule has 1 unspecified atom stereocenters. The maximum Gasteiger partial charge on any atom is 0.457 e. The van der Waals surface area contributed by atoms with Gasteiger partial charge >= 0.3 is 18.3 Å². The lowest BCUT2D eigenvalue weighted by Gasteiger charge is -2.37. The predicted octanol–water partition coefficient (Wildman–Crippen LogP) is 5.79.